The van der Waals surface area contributed by atoms with Crippen LogP contribution < -0.4 is 4.89 Å². The summed E-state index contributed by atoms with van der Waals surface area (Å²) in [6.07, 6.45) is 28.0. The highest BCUT2D eigenvalue weighted by Crippen LogP contribution is 2.38. The maximum Gasteiger partial charge on any atom is 0.310 e. The first-order chi connectivity index (χ1) is 25.8. The molecule has 1 rings (SSSR count). The number of hydrogen-bond donors (Lipinski definition) is 3. The van der Waals surface area contributed by atoms with Crippen molar-refractivity contribution in [3.05, 3.63) is 36.6 Å². The molecule has 0 spiro atoms. The lowest BCUT2D eigenvalue weighted by Gasteiger charge is -2.28. The van der Waals surface area contributed by atoms with E-state index in [1.54, 1.807) is 24.5 Å². The van der Waals surface area contributed by atoms with Crippen molar-refractivity contribution in [2.45, 2.75) is 167 Å². The SMILES string of the molecule is CCCCCCCCCCCCCC/C=C/OC[C@H](COP(=O)([O-])OCC[N+](C)(C)C)OC(=O)C/C=C\C[C@H]1[C@@H](/C=C/[C@H](O)CCCCC)[C@H](O)C[C@@H]1O. The van der Waals surface area contributed by atoms with Gasteiger partial charge in [0, 0.05) is 12.3 Å². The fourth-order valence-corrected chi connectivity index (χ4v) is 7.21. The smallest absolute Gasteiger partial charge is 0.310 e. The number of aliphatic hydroxyl groups excluding tert-OH is 3. The third kappa shape index (κ3) is 27.1. The van der Waals surface area contributed by atoms with E-state index in [9.17, 15) is 29.6 Å². The van der Waals surface area contributed by atoms with Crippen LogP contribution in [0.1, 0.15) is 142 Å². The highest BCUT2D eigenvalue weighted by Gasteiger charge is 2.39. The Kier molecular flexibility index (Phi) is 28.6. The summed E-state index contributed by atoms with van der Waals surface area (Å²) in [5.41, 5.74) is 0. The zero-order valence-electron chi connectivity index (χ0n) is 34.5. The monoisotopic (exact) mass is 788 g/mol. The summed E-state index contributed by atoms with van der Waals surface area (Å²) >= 11 is 0. The Morgan fingerprint density at radius 1 is 0.833 bits per heavy atom. The van der Waals surface area contributed by atoms with Crippen LogP contribution in [-0.2, 0) is 27.9 Å². The molecule has 1 saturated carbocycles. The predicted octanol–water partition coefficient (Wildman–Crippen LogP) is 7.92. The van der Waals surface area contributed by atoms with Gasteiger partial charge in [-0.1, -0.05) is 128 Å². The van der Waals surface area contributed by atoms with Gasteiger partial charge in [-0.25, -0.2) is 0 Å². The van der Waals surface area contributed by atoms with E-state index >= 15 is 0 Å². The van der Waals surface area contributed by atoms with Crippen LogP contribution in [0.5, 0.6) is 0 Å². The minimum absolute atomic E-state index is 0.0409. The summed E-state index contributed by atoms with van der Waals surface area (Å²) in [6, 6.07) is 0. The van der Waals surface area contributed by atoms with E-state index in [1.807, 2.05) is 33.3 Å². The van der Waals surface area contributed by atoms with Crippen LogP contribution in [0.3, 0.4) is 0 Å². The second-order valence-electron chi connectivity index (χ2n) is 16.1. The fraction of sp³-hybridized carbons (Fsp3) is 0.833. The number of nitrogens with zero attached hydrogens (tertiary/aromatic N) is 1. The van der Waals surface area contributed by atoms with E-state index in [-0.39, 0.29) is 37.9 Å². The molecule has 0 heterocycles. The van der Waals surface area contributed by atoms with Gasteiger partial charge in [-0.2, -0.15) is 0 Å². The van der Waals surface area contributed by atoms with Crippen molar-refractivity contribution in [1.29, 1.82) is 0 Å². The van der Waals surface area contributed by atoms with Crippen molar-refractivity contribution >= 4 is 13.8 Å². The molecular weight excluding hydrogens is 709 g/mol. The number of unbranched alkanes of at least 4 members (excludes halogenated alkanes) is 14. The molecule has 1 aliphatic carbocycles. The minimum Gasteiger partial charge on any atom is -0.756 e. The van der Waals surface area contributed by atoms with Gasteiger partial charge in [0.2, 0.25) is 0 Å². The Labute approximate surface area is 328 Å². The molecule has 0 aromatic carbocycles. The van der Waals surface area contributed by atoms with Gasteiger partial charge in [0.05, 0.1) is 58.7 Å². The fourth-order valence-electron chi connectivity index (χ4n) is 6.49. The third-order valence-electron chi connectivity index (χ3n) is 9.86. The van der Waals surface area contributed by atoms with Crippen molar-refractivity contribution in [3.8, 4) is 0 Å². The van der Waals surface area contributed by atoms with Crippen molar-refractivity contribution in [3.63, 3.8) is 0 Å². The summed E-state index contributed by atoms with van der Waals surface area (Å²) in [5.74, 6) is -1.16. The molecule has 0 amide bonds. The zero-order chi connectivity index (χ0) is 40.1. The van der Waals surface area contributed by atoms with Crippen LogP contribution in [0.2, 0.25) is 0 Å². The Morgan fingerprint density at radius 3 is 2.07 bits per heavy atom. The Morgan fingerprint density at radius 2 is 1.44 bits per heavy atom. The molecule has 0 radical (unpaired) electrons. The normalized spacial score (nSPS) is 21.6. The molecule has 54 heavy (non-hydrogen) atoms. The number of rotatable bonds is 34. The largest absolute Gasteiger partial charge is 0.756 e. The quantitative estimate of drug-likeness (QED) is 0.0146. The maximum absolute atomic E-state index is 12.8. The molecule has 1 aliphatic rings. The number of hydrogen-bond acceptors (Lipinski definition) is 10. The highest BCUT2D eigenvalue weighted by molar-refractivity contribution is 7.45. The van der Waals surface area contributed by atoms with E-state index in [2.05, 4.69) is 13.8 Å². The van der Waals surface area contributed by atoms with Crippen LogP contribution in [0.15, 0.2) is 36.6 Å². The van der Waals surface area contributed by atoms with Gasteiger partial charge in [0.15, 0.2) is 6.10 Å². The maximum atomic E-state index is 12.8. The van der Waals surface area contributed by atoms with E-state index in [4.69, 9.17) is 18.5 Å². The first-order valence-corrected chi connectivity index (χ1v) is 22.5. The lowest BCUT2D eigenvalue weighted by Crippen LogP contribution is -2.37. The Hall–Kier alpha value is -1.56. The van der Waals surface area contributed by atoms with Crippen LogP contribution in [0.4, 0.5) is 0 Å². The van der Waals surface area contributed by atoms with Crippen LogP contribution in [0.25, 0.3) is 0 Å². The van der Waals surface area contributed by atoms with Gasteiger partial charge in [0.1, 0.15) is 19.8 Å². The minimum atomic E-state index is -4.63. The van der Waals surface area contributed by atoms with E-state index < -0.39 is 44.8 Å². The molecule has 7 atom stereocenters. The number of quaternary nitrogens is 1. The lowest BCUT2D eigenvalue weighted by molar-refractivity contribution is -0.870. The number of phosphoric acid groups is 1. The average Bonchev–Trinajstić information content (AvgIpc) is 3.37. The molecule has 0 aromatic heterocycles. The lowest BCUT2D eigenvalue weighted by atomic mass is 9.89. The molecule has 12 heteroatoms. The first-order valence-electron chi connectivity index (χ1n) is 21.0. The number of esters is 1. The second kappa shape index (κ2) is 30.6. The zero-order valence-corrected chi connectivity index (χ0v) is 35.4. The Balaban J connectivity index is 2.57. The number of phosphoric ester groups is 1. The molecule has 3 N–H and O–H groups in total. The van der Waals surface area contributed by atoms with Gasteiger partial charge >= 0.3 is 5.97 Å². The van der Waals surface area contributed by atoms with Crippen molar-refractivity contribution < 1.29 is 52.6 Å². The van der Waals surface area contributed by atoms with Crippen LogP contribution in [0, 0.1) is 11.8 Å². The molecule has 0 bridgehead atoms. The number of ether oxygens (including phenoxy) is 2. The first kappa shape index (κ1) is 50.5. The molecular formula is C42H78NO10P. The van der Waals surface area contributed by atoms with E-state index in [0.29, 0.717) is 23.9 Å². The molecule has 1 unspecified atom stereocenters. The predicted molar refractivity (Wildman–Crippen MR) is 214 cm³/mol. The van der Waals surface area contributed by atoms with Crippen molar-refractivity contribution in [1.82, 2.24) is 0 Å². The van der Waals surface area contributed by atoms with Gasteiger partial charge in [-0.05, 0) is 37.7 Å². The average molecular weight is 788 g/mol. The van der Waals surface area contributed by atoms with Crippen molar-refractivity contribution in [2.24, 2.45) is 11.8 Å². The molecule has 0 aliphatic heterocycles. The molecule has 0 aromatic rings. The number of carbonyl (C=O) groups is 1. The number of allylic oxidation sites excluding steroid dienone is 2. The van der Waals surface area contributed by atoms with Gasteiger partial charge in [-0.3, -0.25) is 9.36 Å². The van der Waals surface area contributed by atoms with E-state index in [0.717, 1.165) is 38.5 Å². The summed E-state index contributed by atoms with van der Waals surface area (Å²) < 4.78 is 34.2. The topological polar surface area (TPSA) is 155 Å². The second-order valence-corrected chi connectivity index (χ2v) is 17.5. The van der Waals surface area contributed by atoms with Gasteiger partial charge < -0.3 is 43.2 Å². The van der Waals surface area contributed by atoms with Crippen LogP contribution in [-0.4, -0.2) is 97.7 Å². The number of likely N-dealkylation sites (N-methyl/N-ethyl adjacent to an activating group) is 1. The summed E-state index contributed by atoms with van der Waals surface area (Å²) in [5, 5.41) is 31.4. The van der Waals surface area contributed by atoms with E-state index in [1.165, 1.54) is 64.2 Å². The summed E-state index contributed by atoms with van der Waals surface area (Å²) in [4.78, 5) is 25.2. The number of aliphatic hydroxyl groups is 3. The summed E-state index contributed by atoms with van der Waals surface area (Å²) in [6.45, 7) is 4.24. The molecule has 0 saturated heterocycles. The number of carbonyl (C=O) groups excluding carboxylic acids is 1. The standard InChI is InChI=1S/C42H78NO10P/c1-6-8-10-11-12-13-14-15-16-17-18-19-20-24-31-50-34-37(35-52-54(48,49)51-32-30-43(3,4)5)53-42(47)27-23-22-26-38-39(41(46)33-40(38)45)29-28-36(44)25-21-9-7-2/h22-24,28-29,31,36-41,44-46H,6-21,25-27,30,32-35H2,1-5H3/b23-22-,29-28+,31-24+/t36-,37-,38+,39-,40+,41-/m1/s1. The molecule has 11 nitrogen and oxygen atoms in total. The summed E-state index contributed by atoms with van der Waals surface area (Å²) in [7, 11) is 1.13. The van der Waals surface area contributed by atoms with Gasteiger partial charge in [0.25, 0.3) is 7.82 Å². The van der Waals surface area contributed by atoms with Crippen molar-refractivity contribution in [2.75, 3.05) is 47.5 Å². The highest BCUT2D eigenvalue weighted by atomic mass is 31.2. The molecule has 1 fully saturated rings. The van der Waals surface area contributed by atoms with Crippen LogP contribution >= 0.6 is 7.82 Å². The molecule has 316 valence electrons. The Bertz CT molecular complexity index is 1080. The third-order valence-corrected chi connectivity index (χ3v) is 10.8. The van der Waals surface area contributed by atoms with Gasteiger partial charge in [-0.15, -0.1) is 0 Å².